The molecule has 10 nitrogen and oxygen atoms in total. The van der Waals surface area contributed by atoms with Crippen molar-refractivity contribution in [2.75, 3.05) is 0 Å². The second-order valence-corrected chi connectivity index (χ2v) is 58.7. The molecule has 0 aromatic carbocycles. The third kappa shape index (κ3) is 754. The number of hydrogen-bond acceptors (Lipinski definition) is 3. The van der Waals surface area contributed by atoms with E-state index in [-0.39, 0.29) is 941 Å². The summed E-state index contributed by atoms with van der Waals surface area (Å²) in [5.74, 6) is 72.7. The molecule has 0 aromatic rings. The summed E-state index contributed by atoms with van der Waals surface area (Å²) < 4.78 is 0.294. The molecule has 0 rings (SSSR count). The van der Waals surface area contributed by atoms with Gasteiger partial charge in [0.25, 0.3) is 0 Å². The fraction of sp³-hybridized carbons (Fsp3) is 0.0606. The van der Waals surface area contributed by atoms with E-state index >= 15 is 0 Å². The molecule has 932 valence electrons. The molecule has 0 radical (unpaired) electrons. The maximum Gasteiger partial charge on any atom is 1.00 e. The SMILES string of the molecule is C.C#CC#CC#CC#CC#CC#CC#CC#CC#CC#CC#CC#CC#CC#CC#C.I.I.I.N#CN=N/N=N/N=N/N=N/N.PP(P)C(P)(P)I.PP(P)P(P(P)P)P(P)P.S.S.S.S.S.S.S.S.S.S.S.S.S.S.S.S.S.S.S.S.S.S.S.S.S.S.S.S.S.S.S.S.S.S.S.S.S.S.S.S.S.S.S.S.S.S.S.[F-].[F-].[F-].[F-].[F-].[F-].[F-].[F-].[F-].[F-].[F-].[F-].[F-].[F-].[F-].[F-].[F-].[F-].[F-].[F-].[F-].[F-].[F-].[F-].[F-].[F-].[F-].[F-].[F-].[F-].[K+]. The minimum Gasteiger partial charge on any atom is -1.00 e. The Hall–Kier alpha value is 16.4. The summed E-state index contributed by atoms with van der Waals surface area (Å²) in [4.78, 5) is 0. The van der Waals surface area contributed by atoms with Gasteiger partial charge in [0.05, 0.1) is 2.64 Å². The maximum atomic E-state index is 7.79. The minimum absolute atomic E-state index is 0. The summed E-state index contributed by atoms with van der Waals surface area (Å²) >= 11 is 2.38. The van der Waals surface area contributed by atoms with E-state index in [1.165, 1.54) is 6.19 Å². The van der Waals surface area contributed by atoms with Crippen molar-refractivity contribution in [1.82, 2.24) is 0 Å². The van der Waals surface area contributed by atoms with Crippen LogP contribution in [-0.4, -0.2) is 2.64 Å². The minimum atomic E-state index is 0. The van der Waals surface area contributed by atoms with Crippen LogP contribution in [0.4, 0.5) is 0 Å². The van der Waals surface area contributed by atoms with Crippen molar-refractivity contribution in [3.63, 3.8) is 0 Å². The van der Waals surface area contributed by atoms with Gasteiger partial charge in [0, 0.05) is 71.0 Å². The van der Waals surface area contributed by atoms with Crippen LogP contribution in [0.15, 0.2) is 41.7 Å². The maximum absolute atomic E-state index is 7.79. The van der Waals surface area contributed by atoms with Crippen molar-refractivity contribution in [3.8, 4) is 185 Å². The Kier molecular flexibility index (Phi) is 3640. The van der Waals surface area contributed by atoms with Crippen molar-refractivity contribution in [1.29, 1.82) is 5.26 Å². The molecule has 0 bridgehead atoms. The van der Waals surface area contributed by atoms with E-state index in [1.54, 1.807) is 0 Å². The standard InChI is InChI=1S/C30H2.CH8IP5.CH2N10.CH4.30FH.3HI.K.H12P10.47H2S/c1-3-5-7-9-11-13-15-17-19-21-23-25-27-29-30-28-26-24-22-20-18-16-14-12-10-8-6-4-2;2-1(3,4)7(5)6;2-1-4-6-8-10-11-9-7-5-3;;;;;;;;;;;;;;;;;;;;;;;;;;;;;;;;;;;;1-7(2)10(8(3)4)9(5)6;;;;;;;;;;;;;;;;;;;;;;;;;;;;;;;;;;;;;;;;;;;;;;;/h1-2H;3-6H2;(H2,3,4,7,8,11);1H4;33*1H;;1-6H2;47*1H2/q;;;;;;;;;;;;;;;;;;;;;;;;;;;;;;;;;;;;;+1;;;;;;;;;;;;;;;;;;;;;;;;;;;;;;;;;;;;;;;;;;;;;;;;/p-30. The zero-order valence-corrected chi connectivity index (χ0v) is 141. The quantitative estimate of drug-likeness (QED) is 0.0258. The normalized spacial score (nSPS) is 3.32. The Morgan fingerprint density at radius 3 is 0.364 bits per heavy atom. The molecule has 10 atom stereocenters. The molecule has 0 aliphatic rings. The first-order chi connectivity index (χ1) is 27.7. The summed E-state index contributed by atoms with van der Waals surface area (Å²) in [7, 11) is 28.8. The summed E-state index contributed by atoms with van der Waals surface area (Å²) in [6.07, 6.45) is 11.2. The van der Waals surface area contributed by atoms with Gasteiger partial charge in [-0.3, -0.25) is 0 Å². The third-order valence-corrected chi connectivity index (χ3v) is 66.2. The Balaban J connectivity index is -0.00000000293. The van der Waals surface area contributed by atoms with Gasteiger partial charge in [-0.25, -0.2) is 0 Å². The largest absolute Gasteiger partial charge is 1.00 e. The third-order valence-electron chi connectivity index (χ3n) is 3.06. The molecular formula is C33H125F30I4KN10P15S47-29. The van der Waals surface area contributed by atoms with Crippen LogP contribution in [0, 0.1) is 190 Å². The van der Waals surface area contributed by atoms with E-state index in [1.807, 2.05) is 0 Å². The van der Waals surface area contributed by atoms with E-state index in [0.717, 1.165) is 0 Å². The number of nitrogens with zero attached hydrogens (tertiary/aromatic N) is 9. The molecule has 0 aliphatic heterocycles. The second kappa shape index (κ2) is 669. The van der Waals surface area contributed by atoms with Gasteiger partial charge >= 0.3 is 51.4 Å². The number of halogens is 34. The van der Waals surface area contributed by atoms with Crippen molar-refractivity contribution in [3.05, 3.63) is 0 Å². The first-order valence-corrected chi connectivity index (χ1v) is 37.1. The summed E-state index contributed by atoms with van der Waals surface area (Å²) in [5, 5.41) is 30.6. The van der Waals surface area contributed by atoms with Crippen LogP contribution in [0.5, 0.6) is 0 Å². The Morgan fingerprint density at radius 1 is 0.214 bits per heavy atom. The van der Waals surface area contributed by atoms with Gasteiger partial charge in [0.1, 0.15) is 0 Å². The van der Waals surface area contributed by atoms with Gasteiger partial charge in [-0.2, -0.15) is 640 Å². The van der Waals surface area contributed by atoms with Crippen molar-refractivity contribution < 1.29 is 193 Å². The predicted octanol–water partition coefficient (Wildman–Crippen LogP) is -75.6. The summed E-state index contributed by atoms with van der Waals surface area (Å²) in [6.45, 7) is 0.623. The molecule has 0 fully saturated rings. The molecular weight excluding hydrogens is 3620 g/mol. The van der Waals surface area contributed by atoms with Crippen LogP contribution < -0.4 is 198 Å². The molecule has 0 amide bonds. The summed E-state index contributed by atoms with van der Waals surface area (Å²) in [5.41, 5.74) is 0. The molecule has 0 spiro atoms. The average molecular weight is 3750 g/mol. The van der Waals surface area contributed by atoms with Crippen molar-refractivity contribution in [2.24, 2.45) is 47.5 Å². The fourth-order valence-corrected chi connectivity index (χ4v) is 87.9. The Labute approximate surface area is 1270 Å². The topological polar surface area (TPSA) is 149 Å². The number of rotatable bonds is 7. The zero-order chi connectivity index (χ0) is 44.5. The van der Waals surface area contributed by atoms with Crippen LogP contribution in [0.25, 0.3) is 0 Å². The Morgan fingerprint density at radius 2 is 0.300 bits per heavy atom. The number of alkyl halides is 1. The monoisotopic (exact) mass is 3750 g/mol. The number of nitrogens with two attached hydrogens (primary N) is 1. The second-order valence-electron chi connectivity index (χ2n) is 6.93. The molecule has 0 saturated heterocycles. The van der Waals surface area contributed by atoms with Crippen molar-refractivity contribution >= 4 is 854 Å². The van der Waals surface area contributed by atoms with Gasteiger partial charge < -0.3 is 147 Å². The smallest absolute Gasteiger partial charge is 1.00 e. The van der Waals surface area contributed by atoms with Crippen molar-refractivity contribution in [2.45, 2.75) is 10.1 Å². The van der Waals surface area contributed by atoms with Crippen LogP contribution >= 0.6 is 854 Å². The van der Waals surface area contributed by atoms with Gasteiger partial charge in [0.2, 0.25) is 6.19 Å². The van der Waals surface area contributed by atoms with Gasteiger partial charge in [-0.15, -0.1) is 175 Å². The van der Waals surface area contributed by atoms with E-state index in [0.29, 0.717) is 2.64 Å². The molecule has 0 heterocycles. The zero-order valence-electron chi connectivity index (χ0n) is 66.2. The van der Waals surface area contributed by atoms with Gasteiger partial charge in [0.15, 0.2) is 0 Å². The Bertz CT molecular complexity index is 2560. The predicted molar refractivity (Wildman–Crippen MR) is 837 cm³/mol. The van der Waals surface area contributed by atoms with Crippen LogP contribution in [-0.2, 0) is 0 Å². The van der Waals surface area contributed by atoms with Gasteiger partial charge in [-0.05, 0) is 166 Å². The first kappa shape index (κ1) is 762. The average Bonchev–Trinajstić information content (AvgIpc) is 3.16. The van der Waals surface area contributed by atoms with Gasteiger partial charge in [-0.1, -0.05) is 35.2 Å². The van der Waals surface area contributed by atoms with Crippen LogP contribution in [0.2, 0.25) is 0 Å². The molecule has 0 aromatic heterocycles. The molecule has 140 heavy (non-hydrogen) atoms. The number of nitriles is 1. The van der Waals surface area contributed by atoms with E-state index in [4.69, 9.17) is 18.1 Å². The first-order valence-electron chi connectivity index (χ1n) is 13.1. The number of terminal acetylenes is 2. The molecule has 0 aliphatic carbocycles. The fourth-order valence-electron chi connectivity index (χ4n) is 1.31. The van der Waals surface area contributed by atoms with E-state index < -0.39 is 0 Å². The van der Waals surface area contributed by atoms with Crippen LogP contribution in [0.1, 0.15) is 7.43 Å². The molecule has 10 unspecified atom stereocenters. The molecule has 2 N–H and O–H groups in total. The summed E-state index contributed by atoms with van der Waals surface area (Å²) in [6, 6.07) is 0. The number of hydrogen-bond donors (Lipinski definition) is 1. The van der Waals surface area contributed by atoms with Crippen LogP contribution in [0.3, 0.4) is 0 Å². The van der Waals surface area contributed by atoms with E-state index in [2.05, 4.69) is 326 Å². The molecule has 0 saturated carbocycles. The van der Waals surface area contributed by atoms with E-state index in [9.17, 15) is 0 Å². The molecule has 107 heteroatoms.